The summed E-state index contributed by atoms with van der Waals surface area (Å²) in [6, 6.07) is 5.00. The quantitative estimate of drug-likeness (QED) is 0.659. The fourth-order valence-corrected chi connectivity index (χ4v) is 2.62. The number of nitrogens with one attached hydrogen (secondary N) is 1. The molecule has 0 aliphatic heterocycles. The van der Waals surface area contributed by atoms with Gasteiger partial charge in [0, 0.05) is 5.02 Å². The molecule has 1 fully saturated rings. The molecule has 1 aromatic carbocycles. The van der Waals surface area contributed by atoms with Crippen molar-refractivity contribution >= 4 is 28.9 Å². The highest BCUT2D eigenvalue weighted by Crippen LogP contribution is 2.23. The van der Waals surface area contributed by atoms with E-state index >= 15 is 0 Å². The molecule has 1 aromatic rings. The molecule has 0 heterocycles. The van der Waals surface area contributed by atoms with E-state index in [1.165, 1.54) is 25.7 Å². The van der Waals surface area contributed by atoms with Crippen LogP contribution in [0.3, 0.4) is 0 Å². The van der Waals surface area contributed by atoms with Crippen LogP contribution in [0, 0.1) is 0 Å². The number of carbonyl (C=O) groups is 1. The Morgan fingerprint density at radius 1 is 1.30 bits per heavy atom. The molecule has 0 atom stereocenters. The number of amides is 1. The third-order valence-electron chi connectivity index (χ3n) is 3.54. The number of anilines is 2. The standard InChI is InChI=1S/C15H21ClN2O2/c16-11-7-8-14(13(17)9-11)18-15(19)10-20-12-5-3-1-2-4-6-12/h7-9,12H,1-6,10,17H2,(H,18,19). The van der Waals surface area contributed by atoms with Crippen LogP contribution < -0.4 is 11.1 Å². The first-order chi connectivity index (χ1) is 9.65. The van der Waals surface area contributed by atoms with Crippen LogP contribution in [0.1, 0.15) is 38.5 Å². The summed E-state index contributed by atoms with van der Waals surface area (Å²) in [5, 5.41) is 3.30. The fourth-order valence-electron chi connectivity index (χ4n) is 2.44. The van der Waals surface area contributed by atoms with E-state index < -0.39 is 0 Å². The second kappa shape index (κ2) is 7.50. The van der Waals surface area contributed by atoms with Gasteiger partial charge in [0.2, 0.25) is 5.91 Å². The van der Waals surface area contributed by atoms with Crippen LogP contribution in [0.25, 0.3) is 0 Å². The van der Waals surface area contributed by atoms with Crippen molar-refractivity contribution in [1.82, 2.24) is 0 Å². The molecule has 0 bridgehead atoms. The average Bonchev–Trinajstić information content (AvgIpc) is 2.68. The lowest BCUT2D eigenvalue weighted by molar-refractivity contribution is -0.122. The lowest BCUT2D eigenvalue weighted by Crippen LogP contribution is -2.23. The van der Waals surface area contributed by atoms with Gasteiger partial charge in [-0.05, 0) is 31.0 Å². The molecule has 5 heteroatoms. The molecule has 0 unspecified atom stereocenters. The van der Waals surface area contributed by atoms with Crippen molar-refractivity contribution < 1.29 is 9.53 Å². The predicted octanol–water partition coefficient (Wildman–Crippen LogP) is 3.60. The summed E-state index contributed by atoms with van der Waals surface area (Å²) >= 11 is 5.81. The minimum atomic E-state index is -0.178. The zero-order valence-electron chi connectivity index (χ0n) is 11.5. The maximum atomic E-state index is 11.9. The van der Waals surface area contributed by atoms with E-state index in [4.69, 9.17) is 22.1 Å². The Labute approximate surface area is 124 Å². The predicted molar refractivity (Wildman–Crippen MR) is 81.9 cm³/mol. The Morgan fingerprint density at radius 3 is 2.65 bits per heavy atom. The van der Waals surface area contributed by atoms with E-state index in [-0.39, 0.29) is 18.6 Å². The first kappa shape index (κ1) is 15.1. The monoisotopic (exact) mass is 296 g/mol. The Balaban J connectivity index is 1.79. The van der Waals surface area contributed by atoms with Gasteiger partial charge in [0.25, 0.3) is 0 Å². The second-order valence-corrected chi connectivity index (χ2v) is 5.64. The van der Waals surface area contributed by atoms with Crippen LogP contribution in [0.15, 0.2) is 18.2 Å². The first-order valence-corrected chi connectivity index (χ1v) is 7.49. The third-order valence-corrected chi connectivity index (χ3v) is 3.78. The highest BCUT2D eigenvalue weighted by atomic mass is 35.5. The number of benzene rings is 1. The average molecular weight is 297 g/mol. The zero-order chi connectivity index (χ0) is 14.4. The summed E-state index contributed by atoms with van der Waals surface area (Å²) in [6.07, 6.45) is 7.24. The molecule has 0 spiro atoms. The summed E-state index contributed by atoms with van der Waals surface area (Å²) in [4.78, 5) is 11.9. The molecule has 0 saturated heterocycles. The molecule has 110 valence electrons. The Kier molecular flexibility index (Phi) is 5.68. The summed E-state index contributed by atoms with van der Waals surface area (Å²) in [6.45, 7) is 0.0761. The normalized spacial score (nSPS) is 16.6. The van der Waals surface area contributed by atoms with Crippen molar-refractivity contribution in [3.8, 4) is 0 Å². The largest absolute Gasteiger partial charge is 0.397 e. The van der Waals surface area contributed by atoms with Crippen molar-refractivity contribution in [2.24, 2.45) is 0 Å². The van der Waals surface area contributed by atoms with Gasteiger partial charge in [0.15, 0.2) is 0 Å². The zero-order valence-corrected chi connectivity index (χ0v) is 12.3. The van der Waals surface area contributed by atoms with Crippen molar-refractivity contribution in [3.05, 3.63) is 23.2 Å². The van der Waals surface area contributed by atoms with E-state index in [0.29, 0.717) is 16.4 Å². The van der Waals surface area contributed by atoms with Crippen LogP contribution in [0.5, 0.6) is 0 Å². The maximum Gasteiger partial charge on any atom is 0.250 e. The van der Waals surface area contributed by atoms with Gasteiger partial charge in [-0.1, -0.05) is 37.3 Å². The van der Waals surface area contributed by atoms with Crippen molar-refractivity contribution in [2.45, 2.75) is 44.6 Å². The van der Waals surface area contributed by atoms with Gasteiger partial charge in [0.05, 0.1) is 17.5 Å². The summed E-state index contributed by atoms with van der Waals surface area (Å²) < 4.78 is 5.68. The molecule has 1 amide bonds. The van der Waals surface area contributed by atoms with Crippen LogP contribution >= 0.6 is 11.6 Å². The number of halogens is 1. The topological polar surface area (TPSA) is 64.3 Å². The molecule has 4 nitrogen and oxygen atoms in total. The molecule has 2 rings (SSSR count). The molecule has 1 aliphatic carbocycles. The third kappa shape index (κ3) is 4.69. The number of ether oxygens (including phenoxy) is 1. The molecular formula is C15H21ClN2O2. The smallest absolute Gasteiger partial charge is 0.250 e. The molecule has 1 saturated carbocycles. The van der Waals surface area contributed by atoms with Crippen LogP contribution in [-0.4, -0.2) is 18.6 Å². The second-order valence-electron chi connectivity index (χ2n) is 5.20. The molecule has 0 radical (unpaired) electrons. The van der Waals surface area contributed by atoms with Gasteiger partial charge < -0.3 is 15.8 Å². The van der Waals surface area contributed by atoms with Gasteiger partial charge in [-0.15, -0.1) is 0 Å². The Morgan fingerprint density at radius 2 is 2.00 bits per heavy atom. The first-order valence-electron chi connectivity index (χ1n) is 7.11. The minimum absolute atomic E-state index is 0.0761. The number of rotatable bonds is 4. The molecule has 20 heavy (non-hydrogen) atoms. The lowest BCUT2D eigenvalue weighted by Gasteiger charge is -2.15. The summed E-state index contributed by atoms with van der Waals surface area (Å²) in [5.41, 5.74) is 6.82. The summed E-state index contributed by atoms with van der Waals surface area (Å²) in [5.74, 6) is -0.178. The van der Waals surface area contributed by atoms with E-state index in [1.807, 2.05) is 0 Å². The number of nitrogens with two attached hydrogens (primary N) is 1. The molecular weight excluding hydrogens is 276 g/mol. The maximum absolute atomic E-state index is 11.9. The highest BCUT2D eigenvalue weighted by Gasteiger charge is 2.14. The van der Waals surface area contributed by atoms with Crippen molar-refractivity contribution in [3.63, 3.8) is 0 Å². The van der Waals surface area contributed by atoms with Gasteiger partial charge >= 0.3 is 0 Å². The van der Waals surface area contributed by atoms with Crippen LogP contribution in [0.4, 0.5) is 11.4 Å². The SMILES string of the molecule is Nc1cc(Cl)ccc1NC(=O)COC1CCCCCC1. The van der Waals surface area contributed by atoms with Crippen molar-refractivity contribution in [1.29, 1.82) is 0 Å². The summed E-state index contributed by atoms with van der Waals surface area (Å²) in [7, 11) is 0. The molecule has 0 aromatic heterocycles. The minimum Gasteiger partial charge on any atom is -0.397 e. The number of hydrogen-bond acceptors (Lipinski definition) is 3. The van der Waals surface area contributed by atoms with E-state index in [9.17, 15) is 4.79 Å². The number of carbonyl (C=O) groups excluding carboxylic acids is 1. The van der Waals surface area contributed by atoms with Crippen LogP contribution in [-0.2, 0) is 9.53 Å². The number of hydrogen-bond donors (Lipinski definition) is 2. The van der Waals surface area contributed by atoms with E-state index in [1.54, 1.807) is 18.2 Å². The molecule has 1 aliphatic rings. The number of nitrogen functional groups attached to an aromatic ring is 1. The Hall–Kier alpha value is -1.26. The Bertz CT molecular complexity index is 457. The van der Waals surface area contributed by atoms with Gasteiger partial charge in [0.1, 0.15) is 6.61 Å². The van der Waals surface area contributed by atoms with Crippen LogP contribution in [0.2, 0.25) is 5.02 Å². The van der Waals surface area contributed by atoms with Gasteiger partial charge in [-0.25, -0.2) is 0 Å². The van der Waals surface area contributed by atoms with E-state index in [0.717, 1.165) is 12.8 Å². The highest BCUT2D eigenvalue weighted by molar-refractivity contribution is 6.31. The van der Waals surface area contributed by atoms with Gasteiger partial charge in [-0.2, -0.15) is 0 Å². The fraction of sp³-hybridized carbons (Fsp3) is 0.533. The lowest BCUT2D eigenvalue weighted by atomic mass is 10.1. The van der Waals surface area contributed by atoms with Gasteiger partial charge in [-0.3, -0.25) is 4.79 Å². The van der Waals surface area contributed by atoms with E-state index in [2.05, 4.69) is 5.32 Å². The van der Waals surface area contributed by atoms with Crippen molar-refractivity contribution in [2.75, 3.05) is 17.7 Å². The molecule has 3 N–H and O–H groups in total.